The van der Waals surface area contributed by atoms with Crippen LogP contribution >= 0.6 is 11.6 Å². The zero-order valence-electron chi connectivity index (χ0n) is 8.68. The van der Waals surface area contributed by atoms with Crippen LogP contribution in [-0.2, 0) is 0 Å². The molecule has 2 aromatic rings. The van der Waals surface area contributed by atoms with Gasteiger partial charge in [0.1, 0.15) is 5.15 Å². The second-order valence-corrected chi connectivity index (χ2v) is 3.81. The lowest BCUT2D eigenvalue weighted by atomic mass is 10.3. The number of benzene rings is 1. The van der Waals surface area contributed by atoms with Crippen LogP contribution < -0.4 is 14.8 Å². The molecule has 0 bridgehead atoms. The van der Waals surface area contributed by atoms with E-state index in [9.17, 15) is 0 Å². The third kappa shape index (κ3) is 2.09. The lowest BCUT2D eigenvalue weighted by Gasteiger charge is -2.05. The quantitative estimate of drug-likeness (QED) is 0.887. The number of aromatic nitrogens is 2. The monoisotopic (exact) mass is 249 g/mol. The van der Waals surface area contributed by atoms with E-state index in [-0.39, 0.29) is 6.79 Å². The Hall–Kier alpha value is -2.01. The Morgan fingerprint density at radius 2 is 2.06 bits per heavy atom. The standard InChI is InChI=1S/C11H8ClN3O2/c12-10-4-13-5-11(15-10)14-7-1-2-8-9(3-7)17-6-16-8/h1-5H,6H2,(H,14,15). The third-order valence-electron chi connectivity index (χ3n) is 2.25. The Labute approximate surface area is 102 Å². The van der Waals surface area contributed by atoms with Crippen molar-refractivity contribution in [2.75, 3.05) is 12.1 Å². The van der Waals surface area contributed by atoms with Gasteiger partial charge in [0.05, 0.1) is 12.4 Å². The number of hydrogen-bond donors (Lipinski definition) is 1. The van der Waals surface area contributed by atoms with Crippen LogP contribution in [0.2, 0.25) is 5.15 Å². The van der Waals surface area contributed by atoms with Crippen LogP contribution in [0.25, 0.3) is 0 Å². The smallest absolute Gasteiger partial charge is 0.231 e. The lowest BCUT2D eigenvalue weighted by molar-refractivity contribution is 0.174. The van der Waals surface area contributed by atoms with Gasteiger partial charge in [-0.3, -0.25) is 4.98 Å². The van der Waals surface area contributed by atoms with Crippen molar-refractivity contribution >= 4 is 23.1 Å². The summed E-state index contributed by atoms with van der Waals surface area (Å²) in [5.74, 6) is 2.04. The van der Waals surface area contributed by atoms with Gasteiger partial charge in [0.25, 0.3) is 0 Å². The Kier molecular flexibility index (Phi) is 2.45. The highest BCUT2D eigenvalue weighted by molar-refractivity contribution is 6.29. The van der Waals surface area contributed by atoms with Gasteiger partial charge in [-0.1, -0.05) is 11.6 Å². The van der Waals surface area contributed by atoms with E-state index in [2.05, 4.69) is 15.3 Å². The predicted octanol–water partition coefficient (Wildman–Crippen LogP) is 2.60. The molecule has 0 saturated carbocycles. The van der Waals surface area contributed by atoms with Crippen molar-refractivity contribution in [1.29, 1.82) is 0 Å². The molecule has 0 amide bonds. The molecule has 1 N–H and O–H groups in total. The average Bonchev–Trinajstić information content (AvgIpc) is 2.76. The van der Waals surface area contributed by atoms with E-state index in [4.69, 9.17) is 21.1 Å². The number of ether oxygens (including phenoxy) is 2. The van der Waals surface area contributed by atoms with Crippen LogP contribution in [0, 0.1) is 0 Å². The SMILES string of the molecule is Clc1cncc(Nc2ccc3c(c2)OCO3)n1. The summed E-state index contributed by atoms with van der Waals surface area (Å²) in [5.41, 5.74) is 0.839. The molecule has 17 heavy (non-hydrogen) atoms. The summed E-state index contributed by atoms with van der Waals surface area (Å²) >= 11 is 5.75. The first-order chi connectivity index (χ1) is 8.31. The fraction of sp³-hybridized carbons (Fsp3) is 0.0909. The number of nitrogens with one attached hydrogen (secondary N) is 1. The highest BCUT2D eigenvalue weighted by Gasteiger charge is 2.13. The van der Waals surface area contributed by atoms with Gasteiger partial charge >= 0.3 is 0 Å². The van der Waals surface area contributed by atoms with E-state index in [1.165, 1.54) is 6.20 Å². The normalized spacial score (nSPS) is 12.5. The highest BCUT2D eigenvalue weighted by Crippen LogP contribution is 2.34. The molecule has 1 aromatic heterocycles. The molecule has 0 fully saturated rings. The van der Waals surface area contributed by atoms with Crippen molar-refractivity contribution < 1.29 is 9.47 Å². The first-order valence-electron chi connectivity index (χ1n) is 4.95. The fourth-order valence-corrected chi connectivity index (χ4v) is 1.67. The number of rotatable bonds is 2. The van der Waals surface area contributed by atoms with Crippen molar-refractivity contribution in [1.82, 2.24) is 9.97 Å². The molecule has 0 radical (unpaired) electrons. The average molecular weight is 250 g/mol. The minimum absolute atomic E-state index is 0.260. The summed E-state index contributed by atoms with van der Waals surface area (Å²) in [5, 5.41) is 3.42. The van der Waals surface area contributed by atoms with Crippen molar-refractivity contribution in [2.45, 2.75) is 0 Å². The first-order valence-corrected chi connectivity index (χ1v) is 5.33. The molecule has 86 valence electrons. The summed E-state index contributed by atoms with van der Waals surface area (Å²) in [6, 6.07) is 5.55. The maximum absolute atomic E-state index is 5.75. The molecule has 2 heterocycles. The Balaban J connectivity index is 1.86. The summed E-state index contributed by atoms with van der Waals surface area (Å²) in [4.78, 5) is 8.02. The predicted molar refractivity (Wildman–Crippen MR) is 62.9 cm³/mol. The summed E-state index contributed by atoms with van der Waals surface area (Å²) in [7, 11) is 0. The van der Waals surface area contributed by atoms with Gasteiger partial charge in [0.2, 0.25) is 6.79 Å². The van der Waals surface area contributed by atoms with Crippen molar-refractivity contribution in [3.05, 3.63) is 35.7 Å². The Morgan fingerprint density at radius 3 is 2.94 bits per heavy atom. The molecule has 0 unspecified atom stereocenters. The van der Waals surface area contributed by atoms with Crippen LogP contribution in [0.15, 0.2) is 30.6 Å². The van der Waals surface area contributed by atoms with Gasteiger partial charge in [-0.05, 0) is 12.1 Å². The molecular weight excluding hydrogens is 242 g/mol. The molecule has 0 spiro atoms. The minimum Gasteiger partial charge on any atom is -0.454 e. The second-order valence-electron chi connectivity index (χ2n) is 3.42. The molecule has 3 rings (SSSR count). The van der Waals surface area contributed by atoms with Crippen LogP contribution in [-0.4, -0.2) is 16.8 Å². The molecule has 0 aliphatic carbocycles. The van der Waals surface area contributed by atoms with Crippen LogP contribution in [0.1, 0.15) is 0 Å². The maximum atomic E-state index is 5.75. The number of fused-ring (bicyclic) bond motifs is 1. The van der Waals surface area contributed by atoms with Gasteiger partial charge in [0, 0.05) is 11.8 Å². The molecule has 1 aliphatic heterocycles. The number of hydrogen-bond acceptors (Lipinski definition) is 5. The van der Waals surface area contributed by atoms with Crippen LogP contribution in [0.3, 0.4) is 0 Å². The van der Waals surface area contributed by atoms with Crippen molar-refractivity contribution in [3.8, 4) is 11.5 Å². The summed E-state index contributed by atoms with van der Waals surface area (Å²) < 4.78 is 10.5. The van der Waals surface area contributed by atoms with Crippen molar-refractivity contribution in [2.24, 2.45) is 0 Å². The molecular formula is C11H8ClN3O2. The van der Waals surface area contributed by atoms with Gasteiger partial charge in [-0.2, -0.15) is 0 Å². The number of halogens is 1. The van der Waals surface area contributed by atoms with Gasteiger partial charge in [-0.15, -0.1) is 0 Å². The summed E-state index contributed by atoms with van der Waals surface area (Å²) in [6.07, 6.45) is 3.07. The molecule has 1 aliphatic rings. The fourth-order valence-electron chi connectivity index (χ4n) is 1.52. The topological polar surface area (TPSA) is 56.3 Å². The van der Waals surface area contributed by atoms with E-state index in [0.29, 0.717) is 16.7 Å². The van der Waals surface area contributed by atoms with Crippen LogP contribution in [0.5, 0.6) is 11.5 Å². The van der Waals surface area contributed by atoms with E-state index in [1.807, 2.05) is 18.2 Å². The van der Waals surface area contributed by atoms with E-state index >= 15 is 0 Å². The Morgan fingerprint density at radius 1 is 1.18 bits per heavy atom. The maximum Gasteiger partial charge on any atom is 0.231 e. The van der Waals surface area contributed by atoms with Gasteiger partial charge < -0.3 is 14.8 Å². The van der Waals surface area contributed by atoms with Gasteiger partial charge in [-0.25, -0.2) is 4.98 Å². The first kappa shape index (κ1) is 10.2. The number of anilines is 2. The van der Waals surface area contributed by atoms with E-state index in [1.54, 1.807) is 6.20 Å². The highest BCUT2D eigenvalue weighted by atomic mass is 35.5. The zero-order valence-corrected chi connectivity index (χ0v) is 9.44. The molecule has 0 atom stereocenters. The van der Waals surface area contributed by atoms with E-state index < -0.39 is 0 Å². The van der Waals surface area contributed by atoms with Gasteiger partial charge in [0.15, 0.2) is 17.3 Å². The second kappa shape index (κ2) is 4.10. The zero-order chi connectivity index (χ0) is 11.7. The van der Waals surface area contributed by atoms with Crippen molar-refractivity contribution in [3.63, 3.8) is 0 Å². The third-order valence-corrected chi connectivity index (χ3v) is 2.43. The molecule has 0 saturated heterocycles. The molecule has 1 aromatic carbocycles. The summed E-state index contributed by atoms with van der Waals surface area (Å²) in [6.45, 7) is 0.260. The molecule has 6 heteroatoms. The minimum atomic E-state index is 0.260. The van der Waals surface area contributed by atoms with Crippen LogP contribution in [0.4, 0.5) is 11.5 Å². The molecule has 5 nitrogen and oxygen atoms in total. The lowest BCUT2D eigenvalue weighted by Crippen LogP contribution is -1.94. The largest absolute Gasteiger partial charge is 0.454 e. The Bertz CT molecular complexity index is 562. The number of nitrogens with zero attached hydrogens (tertiary/aromatic N) is 2. The van der Waals surface area contributed by atoms with E-state index in [0.717, 1.165) is 11.4 Å².